The zero-order valence-electron chi connectivity index (χ0n) is 24.9. The number of rotatable bonds is 5. The largest absolute Gasteiger partial charge is 0.459 e. The average molecular weight is 607 g/mol. The van der Waals surface area contributed by atoms with Crippen LogP contribution in [0.15, 0.2) is 57.9 Å². The fraction of sp³-hybridized carbons (Fsp3) is 0.571. The van der Waals surface area contributed by atoms with Crippen molar-refractivity contribution in [2.45, 2.75) is 95.5 Å². The molecule has 1 aromatic heterocycles. The van der Waals surface area contributed by atoms with Crippen molar-refractivity contribution < 1.29 is 28.2 Å². The van der Waals surface area contributed by atoms with Crippen LogP contribution in [0.4, 0.5) is 0 Å². The van der Waals surface area contributed by atoms with Crippen molar-refractivity contribution in [3.05, 3.63) is 75.3 Å². The molecule has 0 bridgehead atoms. The van der Waals surface area contributed by atoms with E-state index in [0.29, 0.717) is 22.8 Å². The van der Waals surface area contributed by atoms with E-state index in [4.69, 9.17) is 30.2 Å². The predicted molar refractivity (Wildman–Crippen MR) is 160 cm³/mol. The zero-order valence-corrected chi connectivity index (χ0v) is 25.7. The molecule has 0 radical (unpaired) electrons. The van der Waals surface area contributed by atoms with Crippen LogP contribution in [0.5, 0.6) is 0 Å². The highest BCUT2D eigenvalue weighted by Crippen LogP contribution is 2.78. The van der Waals surface area contributed by atoms with E-state index in [2.05, 4.69) is 13.8 Å². The molecule has 10 atom stereocenters. The molecule has 43 heavy (non-hydrogen) atoms. The maximum Gasteiger partial charge on any atom is 0.335 e. The molecule has 1 aromatic carbocycles. The van der Waals surface area contributed by atoms with Crippen molar-refractivity contribution in [1.29, 1.82) is 0 Å². The van der Waals surface area contributed by atoms with E-state index in [9.17, 15) is 14.4 Å². The zero-order chi connectivity index (χ0) is 30.1. The van der Waals surface area contributed by atoms with Gasteiger partial charge < -0.3 is 18.6 Å². The lowest BCUT2D eigenvalue weighted by atomic mass is 9.44. The summed E-state index contributed by atoms with van der Waals surface area (Å²) in [6.07, 6.45) is 11.0. The van der Waals surface area contributed by atoms with E-state index >= 15 is 0 Å². The summed E-state index contributed by atoms with van der Waals surface area (Å²) in [4.78, 5) is 36.7. The Morgan fingerprint density at radius 3 is 2.49 bits per heavy atom. The number of carbonyl (C=O) groups is 2. The summed E-state index contributed by atoms with van der Waals surface area (Å²) < 4.78 is 23.9. The maximum absolute atomic E-state index is 12.7. The number of carbonyl (C=O) groups excluding carboxylic acids is 2. The van der Waals surface area contributed by atoms with Gasteiger partial charge in [0.25, 0.3) is 0 Å². The van der Waals surface area contributed by atoms with Gasteiger partial charge in [-0.2, -0.15) is 0 Å². The molecule has 4 saturated carbocycles. The van der Waals surface area contributed by atoms with Gasteiger partial charge in [0.1, 0.15) is 23.9 Å². The molecular weight excluding hydrogens is 568 g/mol. The average Bonchev–Trinajstić information content (AvgIpc) is 3.68. The molecule has 5 fully saturated rings. The Balaban J connectivity index is 1.08. The van der Waals surface area contributed by atoms with Gasteiger partial charge in [0.2, 0.25) is 0 Å². The molecule has 8 heteroatoms. The van der Waals surface area contributed by atoms with E-state index in [-0.39, 0.29) is 52.1 Å². The minimum Gasteiger partial charge on any atom is -0.459 e. The number of ether oxygens (including phenoxy) is 3. The van der Waals surface area contributed by atoms with Crippen LogP contribution >= 0.6 is 11.6 Å². The van der Waals surface area contributed by atoms with Crippen molar-refractivity contribution >= 4 is 29.6 Å². The Hall–Kier alpha value is -2.90. The molecule has 228 valence electrons. The smallest absolute Gasteiger partial charge is 0.335 e. The standard InChI is InChI=1S/C35H39ClO7/c1-20(37)41-31-30(22-7-13-28(38)40-19-22)34(3)17-15-26-27(35(34)32(31)43-35)11-8-23-18-25(14-16-33(23,26)2)42-29(39)12-6-21-4-9-24(36)10-5-21/h4-7,9-10,12-13,19,23,25-27,30-32H,8,11,14-18H2,1-3H3/b12-6+/t23-,25+,26+,27?,30+,31-,32-,33+,34-,35-/m1/s1. The molecule has 7 nitrogen and oxygen atoms in total. The van der Waals surface area contributed by atoms with Gasteiger partial charge in [0.05, 0.1) is 6.26 Å². The lowest BCUT2D eigenvalue weighted by Gasteiger charge is -2.61. The second-order valence-corrected chi connectivity index (χ2v) is 14.4. The van der Waals surface area contributed by atoms with Crippen molar-refractivity contribution in [2.75, 3.05) is 0 Å². The summed E-state index contributed by atoms with van der Waals surface area (Å²) in [5, 5.41) is 0.661. The van der Waals surface area contributed by atoms with E-state index < -0.39 is 6.10 Å². The molecule has 1 spiro atoms. The Morgan fingerprint density at radius 2 is 1.77 bits per heavy atom. The van der Waals surface area contributed by atoms with Crippen molar-refractivity contribution in [1.82, 2.24) is 0 Å². The van der Waals surface area contributed by atoms with Crippen LogP contribution in [0.25, 0.3) is 6.08 Å². The quantitative estimate of drug-likeness (QED) is 0.212. The van der Waals surface area contributed by atoms with Crippen LogP contribution in [-0.4, -0.2) is 35.9 Å². The Kier molecular flexibility index (Phi) is 6.93. The molecule has 1 saturated heterocycles. The van der Waals surface area contributed by atoms with Crippen LogP contribution in [0.2, 0.25) is 5.02 Å². The third-order valence-electron chi connectivity index (χ3n) is 12.0. The third kappa shape index (κ3) is 4.52. The number of hydrogen-bond donors (Lipinski definition) is 0. The number of fused-ring (bicyclic) bond motifs is 3. The molecule has 1 aliphatic heterocycles. The first-order valence-electron chi connectivity index (χ1n) is 15.6. The molecule has 2 heterocycles. The summed E-state index contributed by atoms with van der Waals surface area (Å²) in [6.45, 7) is 6.20. The summed E-state index contributed by atoms with van der Waals surface area (Å²) >= 11 is 5.96. The lowest BCUT2D eigenvalue weighted by molar-refractivity contribution is -0.165. The number of epoxide rings is 1. The normalized spacial score (nSPS) is 41.0. The van der Waals surface area contributed by atoms with Gasteiger partial charge in [-0.3, -0.25) is 4.79 Å². The van der Waals surface area contributed by atoms with E-state index in [0.717, 1.165) is 56.1 Å². The maximum atomic E-state index is 12.7. The van der Waals surface area contributed by atoms with Gasteiger partial charge in [-0.25, -0.2) is 9.59 Å². The van der Waals surface area contributed by atoms with Gasteiger partial charge >= 0.3 is 17.6 Å². The lowest BCUT2D eigenvalue weighted by Crippen LogP contribution is -2.58. The molecule has 7 rings (SSSR count). The molecule has 1 unspecified atom stereocenters. The molecule has 0 N–H and O–H groups in total. The van der Waals surface area contributed by atoms with E-state index in [1.807, 2.05) is 18.2 Å². The van der Waals surface area contributed by atoms with Crippen LogP contribution in [0.3, 0.4) is 0 Å². The Labute approximate surface area is 256 Å². The van der Waals surface area contributed by atoms with Crippen molar-refractivity contribution in [2.24, 2.45) is 28.6 Å². The van der Waals surface area contributed by atoms with Gasteiger partial charge in [-0.15, -0.1) is 0 Å². The SMILES string of the molecule is CC(=O)O[C@H]1[C@H]2O[C@]23C2CC[C@@H]4C[C@@H](OC(=O)/C=C/c5ccc(Cl)cc5)CC[C@]4(C)[C@H]2CC[C@]3(C)[C@H]1c1ccc(=O)oc1. The molecule has 4 aliphatic carbocycles. The molecule has 0 amide bonds. The first kappa shape index (κ1) is 28.8. The topological polar surface area (TPSA) is 95.3 Å². The summed E-state index contributed by atoms with van der Waals surface area (Å²) in [5.74, 6) is 0.603. The fourth-order valence-corrected chi connectivity index (χ4v) is 10.3. The second kappa shape index (κ2) is 10.3. The van der Waals surface area contributed by atoms with Gasteiger partial charge in [-0.05, 0) is 104 Å². The van der Waals surface area contributed by atoms with Crippen molar-refractivity contribution in [3.8, 4) is 0 Å². The first-order chi connectivity index (χ1) is 20.5. The highest BCUT2D eigenvalue weighted by Gasteiger charge is 2.84. The minimum absolute atomic E-state index is 0.0779. The van der Waals surface area contributed by atoms with Crippen LogP contribution in [0, 0.1) is 28.6 Å². The Bertz CT molecular complexity index is 1490. The second-order valence-electron chi connectivity index (χ2n) is 13.9. The third-order valence-corrected chi connectivity index (χ3v) is 12.3. The summed E-state index contributed by atoms with van der Waals surface area (Å²) in [7, 11) is 0. The summed E-state index contributed by atoms with van der Waals surface area (Å²) in [5.41, 5.74) is 0.940. The predicted octanol–water partition coefficient (Wildman–Crippen LogP) is 6.72. The van der Waals surface area contributed by atoms with E-state index in [1.165, 1.54) is 19.1 Å². The number of halogens is 1. The highest BCUT2D eigenvalue weighted by molar-refractivity contribution is 6.30. The number of benzene rings is 1. The van der Waals surface area contributed by atoms with Crippen LogP contribution in [0.1, 0.15) is 82.8 Å². The Morgan fingerprint density at radius 1 is 0.977 bits per heavy atom. The molecular formula is C35H39ClO7. The van der Waals surface area contributed by atoms with E-state index in [1.54, 1.807) is 24.5 Å². The van der Waals surface area contributed by atoms with Crippen LogP contribution in [-0.2, 0) is 23.8 Å². The highest BCUT2D eigenvalue weighted by atomic mass is 35.5. The van der Waals surface area contributed by atoms with Crippen molar-refractivity contribution in [3.63, 3.8) is 0 Å². The number of esters is 2. The van der Waals surface area contributed by atoms with Gasteiger partial charge in [0, 0.05) is 35.4 Å². The first-order valence-corrected chi connectivity index (χ1v) is 16.0. The van der Waals surface area contributed by atoms with Gasteiger partial charge in [0.15, 0.2) is 0 Å². The molecule has 5 aliphatic rings. The summed E-state index contributed by atoms with van der Waals surface area (Å²) in [6, 6.07) is 10.6. The molecule has 2 aromatic rings. The number of hydrogen-bond acceptors (Lipinski definition) is 7. The minimum atomic E-state index is -0.407. The monoisotopic (exact) mass is 606 g/mol. The van der Waals surface area contributed by atoms with Gasteiger partial charge in [-0.1, -0.05) is 37.6 Å². The fourth-order valence-electron chi connectivity index (χ4n) is 10.1. The van der Waals surface area contributed by atoms with Crippen LogP contribution < -0.4 is 5.63 Å².